The van der Waals surface area contributed by atoms with Crippen LogP contribution < -0.4 is 21.5 Å². The second-order valence-electron chi connectivity index (χ2n) is 6.81. The summed E-state index contributed by atoms with van der Waals surface area (Å²) in [5, 5.41) is 4.85. The van der Waals surface area contributed by atoms with Crippen LogP contribution in [0.2, 0.25) is 0 Å². The van der Waals surface area contributed by atoms with Gasteiger partial charge in [0.25, 0.3) is 5.91 Å². The van der Waals surface area contributed by atoms with Crippen molar-refractivity contribution >= 4 is 23.2 Å². The van der Waals surface area contributed by atoms with E-state index >= 15 is 0 Å². The molecular formula is C20H21N7O. The van der Waals surface area contributed by atoms with Gasteiger partial charge in [-0.2, -0.15) is 0 Å². The highest BCUT2D eigenvalue weighted by Gasteiger charge is 2.34. The number of hydrazine groups is 1. The van der Waals surface area contributed by atoms with Gasteiger partial charge >= 0.3 is 0 Å². The van der Waals surface area contributed by atoms with E-state index < -0.39 is 0 Å². The highest BCUT2D eigenvalue weighted by Crippen LogP contribution is 2.38. The van der Waals surface area contributed by atoms with Crippen molar-refractivity contribution in [3.63, 3.8) is 0 Å². The van der Waals surface area contributed by atoms with E-state index in [1.807, 2.05) is 29.3 Å². The highest BCUT2D eigenvalue weighted by atomic mass is 16.1. The van der Waals surface area contributed by atoms with Gasteiger partial charge in [-0.25, -0.2) is 15.4 Å². The molecule has 0 bridgehead atoms. The van der Waals surface area contributed by atoms with E-state index in [0.29, 0.717) is 17.2 Å². The van der Waals surface area contributed by atoms with Crippen molar-refractivity contribution in [3.8, 4) is 0 Å². The molecule has 1 amide bonds. The number of fused-ring (bicyclic) bond motifs is 1. The number of anilines is 3. The number of rotatable bonds is 4. The molecule has 0 saturated carbocycles. The van der Waals surface area contributed by atoms with Gasteiger partial charge in [0, 0.05) is 17.9 Å². The van der Waals surface area contributed by atoms with E-state index in [2.05, 4.69) is 39.5 Å². The molecule has 2 aromatic heterocycles. The van der Waals surface area contributed by atoms with Crippen LogP contribution in [0.3, 0.4) is 0 Å². The van der Waals surface area contributed by atoms with Gasteiger partial charge in [0.2, 0.25) is 0 Å². The molecule has 1 unspecified atom stereocenters. The predicted octanol–water partition coefficient (Wildman–Crippen LogP) is 2.53. The molecule has 0 fully saturated rings. The molecule has 1 aliphatic heterocycles. The Hall–Kier alpha value is -3.52. The Balaban J connectivity index is 1.57. The van der Waals surface area contributed by atoms with Gasteiger partial charge in [-0.3, -0.25) is 14.8 Å². The monoisotopic (exact) mass is 375 g/mol. The minimum absolute atomic E-state index is 0.154. The Labute approximate surface area is 162 Å². The lowest BCUT2D eigenvalue weighted by atomic mass is 10.0. The van der Waals surface area contributed by atoms with E-state index in [-0.39, 0.29) is 18.0 Å². The van der Waals surface area contributed by atoms with Gasteiger partial charge < -0.3 is 11.1 Å². The molecule has 4 rings (SSSR count). The Morgan fingerprint density at radius 3 is 2.61 bits per heavy atom. The smallest absolute Gasteiger partial charge is 0.274 e. The SMILES string of the molecule is CC(C)N1NC(c2ccc(NC(=O)c3ccccn3)cc2)c2c(N)ncnc21. The summed E-state index contributed by atoms with van der Waals surface area (Å²) < 4.78 is 0. The molecule has 8 heteroatoms. The van der Waals surface area contributed by atoms with Crippen molar-refractivity contribution in [1.82, 2.24) is 20.4 Å². The van der Waals surface area contributed by atoms with Gasteiger partial charge in [-0.05, 0) is 43.7 Å². The van der Waals surface area contributed by atoms with Crippen LogP contribution in [0.4, 0.5) is 17.3 Å². The number of nitrogens with one attached hydrogen (secondary N) is 2. The molecule has 3 heterocycles. The van der Waals surface area contributed by atoms with Crippen LogP contribution in [0.15, 0.2) is 55.0 Å². The number of nitrogens with zero attached hydrogens (tertiary/aromatic N) is 4. The molecule has 142 valence electrons. The maximum atomic E-state index is 12.3. The lowest BCUT2D eigenvalue weighted by Crippen LogP contribution is -2.40. The quantitative estimate of drug-likeness (QED) is 0.643. The molecular weight excluding hydrogens is 354 g/mol. The maximum absolute atomic E-state index is 12.3. The zero-order chi connectivity index (χ0) is 19.7. The third-order valence-electron chi connectivity index (χ3n) is 4.59. The van der Waals surface area contributed by atoms with Crippen LogP contribution in [0.25, 0.3) is 0 Å². The summed E-state index contributed by atoms with van der Waals surface area (Å²) in [7, 11) is 0. The van der Waals surface area contributed by atoms with Crippen molar-refractivity contribution in [2.45, 2.75) is 25.9 Å². The fraction of sp³-hybridized carbons (Fsp3) is 0.200. The van der Waals surface area contributed by atoms with E-state index in [4.69, 9.17) is 5.73 Å². The van der Waals surface area contributed by atoms with E-state index in [1.54, 1.807) is 24.4 Å². The number of hydrogen-bond donors (Lipinski definition) is 3. The molecule has 0 spiro atoms. The van der Waals surface area contributed by atoms with Crippen molar-refractivity contribution in [2.75, 3.05) is 16.1 Å². The van der Waals surface area contributed by atoms with Crippen LogP contribution in [0.5, 0.6) is 0 Å². The van der Waals surface area contributed by atoms with Crippen molar-refractivity contribution in [2.24, 2.45) is 0 Å². The largest absolute Gasteiger partial charge is 0.383 e. The average molecular weight is 375 g/mol. The number of nitrogens with two attached hydrogens (primary N) is 1. The third-order valence-corrected chi connectivity index (χ3v) is 4.59. The summed E-state index contributed by atoms with van der Waals surface area (Å²) in [5.41, 5.74) is 12.5. The van der Waals surface area contributed by atoms with Crippen LogP contribution in [0, 0.1) is 0 Å². The van der Waals surface area contributed by atoms with Gasteiger partial charge in [0.05, 0.1) is 11.6 Å². The van der Waals surface area contributed by atoms with Gasteiger partial charge in [-0.1, -0.05) is 18.2 Å². The zero-order valence-corrected chi connectivity index (χ0v) is 15.6. The molecule has 1 atom stereocenters. The Bertz CT molecular complexity index is 989. The summed E-state index contributed by atoms with van der Waals surface area (Å²) >= 11 is 0. The van der Waals surface area contributed by atoms with E-state index in [0.717, 1.165) is 16.9 Å². The van der Waals surface area contributed by atoms with Crippen LogP contribution in [0.1, 0.15) is 41.5 Å². The maximum Gasteiger partial charge on any atom is 0.274 e. The molecule has 0 aliphatic carbocycles. The van der Waals surface area contributed by atoms with Gasteiger partial charge in [0.15, 0.2) is 5.82 Å². The standard InChI is InChI=1S/C20H21N7O/c1-12(2)27-19-16(18(21)23-11-24-19)17(26-27)13-6-8-14(9-7-13)25-20(28)15-5-3-4-10-22-15/h3-12,17,26H,1-2H3,(H,25,28)(H2,21,23,24). The molecule has 3 aromatic rings. The van der Waals surface area contributed by atoms with Crippen molar-refractivity contribution in [1.29, 1.82) is 0 Å². The van der Waals surface area contributed by atoms with E-state index in [1.165, 1.54) is 6.33 Å². The number of amides is 1. The molecule has 1 aliphatic rings. The van der Waals surface area contributed by atoms with E-state index in [9.17, 15) is 4.79 Å². The molecule has 8 nitrogen and oxygen atoms in total. The zero-order valence-electron chi connectivity index (χ0n) is 15.6. The van der Waals surface area contributed by atoms with Crippen LogP contribution in [-0.4, -0.2) is 26.9 Å². The fourth-order valence-electron chi connectivity index (χ4n) is 3.22. The van der Waals surface area contributed by atoms with Crippen LogP contribution >= 0.6 is 0 Å². The minimum atomic E-state index is -0.249. The molecule has 0 saturated heterocycles. The third kappa shape index (κ3) is 3.25. The second-order valence-corrected chi connectivity index (χ2v) is 6.81. The first-order valence-electron chi connectivity index (χ1n) is 9.02. The Morgan fingerprint density at radius 1 is 1.14 bits per heavy atom. The summed E-state index contributed by atoms with van der Waals surface area (Å²) in [4.78, 5) is 24.9. The summed E-state index contributed by atoms with van der Waals surface area (Å²) in [5.74, 6) is 1.000. The fourth-order valence-corrected chi connectivity index (χ4v) is 3.22. The number of carbonyl (C=O) groups excluding carboxylic acids is 1. The summed E-state index contributed by atoms with van der Waals surface area (Å²) in [6.07, 6.45) is 3.07. The number of hydrogen-bond acceptors (Lipinski definition) is 7. The first kappa shape index (κ1) is 17.9. The minimum Gasteiger partial charge on any atom is -0.383 e. The molecule has 28 heavy (non-hydrogen) atoms. The molecule has 1 aromatic carbocycles. The lowest BCUT2D eigenvalue weighted by molar-refractivity contribution is 0.102. The topological polar surface area (TPSA) is 109 Å². The number of nitrogen functional groups attached to an aromatic ring is 1. The van der Waals surface area contributed by atoms with Gasteiger partial charge in [0.1, 0.15) is 17.8 Å². The molecule has 4 N–H and O–H groups in total. The number of benzene rings is 1. The Kier molecular flexibility index (Phi) is 4.62. The van der Waals surface area contributed by atoms with Crippen molar-refractivity contribution in [3.05, 3.63) is 71.8 Å². The number of pyridine rings is 1. The Morgan fingerprint density at radius 2 is 1.93 bits per heavy atom. The van der Waals surface area contributed by atoms with Crippen molar-refractivity contribution < 1.29 is 4.79 Å². The second kappa shape index (κ2) is 7.24. The summed E-state index contributed by atoms with van der Waals surface area (Å²) in [6, 6.07) is 12.9. The van der Waals surface area contributed by atoms with Crippen LogP contribution in [-0.2, 0) is 0 Å². The molecule has 0 radical (unpaired) electrons. The highest BCUT2D eigenvalue weighted by molar-refractivity contribution is 6.02. The number of aromatic nitrogens is 3. The average Bonchev–Trinajstić information content (AvgIpc) is 3.10. The predicted molar refractivity (Wildman–Crippen MR) is 108 cm³/mol. The first-order chi connectivity index (χ1) is 13.5. The first-order valence-corrected chi connectivity index (χ1v) is 9.02. The summed E-state index contributed by atoms with van der Waals surface area (Å²) in [6.45, 7) is 4.15. The van der Waals surface area contributed by atoms with Gasteiger partial charge in [-0.15, -0.1) is 0 Å². The number of carbonyl (C=O) groups is 1. The normalized spacial score (nSPS) is 15.5. The lowest BCUT2D eigenvalue weighted by Gasteiger charge is -2.24.